The van der Waals surface area contributed by atoms with Gasteiger partial charge in [0.05, 0.1) is 0 Å². The number of nitrogens with zero attached hydrogens (tertiary/aromatic N) is 2. The van der Waals surface area contributed by atoms with Gasteiger partial charge in [-0.05, 0) is 53.4 Å². The Morgan fingerprint density at radius 3 is 2.39 bits per heavy atom. The first-order valence-electron chi connectivity index (χ1n) is 7.98. The Hall–Kier alpha value is -1.56. The summed E-state index contributed by atoms with van der Waals surface area (Å²) >= 11 is 5.95. The van der Waals surface area contributed by atoms with E-state index in [2.05, 4.69) is 20.6 Å². The Bertz CT molecular complexity index is 531. The number of carbonyl (C=O) groups is 1. The zero-order chi connectivity index (χ0) is 17.0. The van der Waals surface area contributed by atoms with Crippen molar-refractivity contribution in [3.8, 4) is 0 Å². The van der Waals surface area contributed by atoms with Crippen molar-refractivity contribution in [2.45, 2.75) is 71.1 Å². The molecule has 2 rings (SSSR count). The zero-order valence-electron chi connectivity index (χ0n) is 14.1. The molecule has 1 aromatic heterocycles. The smallest absolute Gasteiger partial charge is 0.407 e. The van der Waals surface area contributed by atoms with Crippen LogP contribution in [0.15, 0.2) is 6.07 Å². The van der Waals surface area contributed by atoms with Crippen LogP contribution in [0.4, 0.5) is 10.6 Å². The molecule has 0 bridgehead atoms. The maximum atomic E-state index is 11.8. The van der Waals surface area contributed by atoms with Crippen LogP contribution in [-0.2, 0) is 4.74 Å². The van der Waals surface area contributed by atoms with Crippen molar-refractivity contribution in [2.24, 2.45) is 0 Å². The van der Waals surface area contributed by atoms with Crippen molar-refractivity contribution in [2.75, 3.05) is 5.32 Å². The highest BCUT2D eigenvalue weighted by atomic mass is 35.5. The second-order valence-corrected chi connectivity index (χ2v) is 7.35. The molecule has 1 aliphatic rings. The lowest BCUT2D eigenvalue weighted by Crippen LogP contribution is -2.42. The third-order valence-corrected chi connectivity index (χ3v) is 3.80. The van der Waals surface area contributed by atoms with E-state index in [9.17, 15) is 4.79 Å². The van der Waals surface area contributed by atoms with Gasteiger partial charge in [0.25, 0.3) is 0 Å². The summed E-state index contributed by atoms with van der Waals surface area (Å²) in [6.45, 7) is 7.41. The SMILES string of the molecule is Cc1nc(Cl)cc(NC2CCC(NC(=O)OC(C)(C)C)CC2)n1. The van der Waals surface area contributed by atoms with Gasteiger partial charge >= 0.3 is 6.09 Å². The highest BCUT2D eigenvalue weighted by Crippen LogP contribution is 2.23. The van der Waals surface area contributed by atoms with Gasteiger partial charge in [-0.3, -0.25) is 0 Å². The van der Waals surface area contributed by atoms with Gasteiger partial charge in [-0.2, -0.15) is 0 Å². The first-order chi connectivity index (χ1) is 10.7. The number of hydrogen-bond donors (Lipinski definition) is 2. The van der Waals surface area contributed by atoms with E-state index in [0.717, 1.165) is 31.5 Å². The maximum absolute atomic E-state index is 11.8. The molecule has 128 valence electrons. The molecular formula is C16H25ClN4O2. The number of hydrogen-bond acceptors (Lipinski definition) is 5. The van der Waals surface area contributed by atoms with Crippen molar-refractivity contribution >= 4 is 23.5 Å². The Balaban J connectivity index is 1.78. The monoisotopic (exact) mass is 340 g/mol. The number of nitrogens with one attached hydrogen (secondary N) is 2. The lowest BCUT2D eigenvalue weighted by Gasteiger charge is -2.30. The maximum Gasteiger partial charge on any atom is 0.407 e. The normalized spacial score (nSPS) is 21.6. The van der Waals surface area contributed by atoms with E-state index in [0.29, 0.717) is 17.0 Å². The predicted octanol–water partition coefficient (Wildman–Crippen LogP) is 3.69. The summed E-state index contributed by atoms with van der Waals surface area (Å²) in [5.74, 6) is 1.41. The quantitative estimate of drug-likeness (QED) is 0.821. The van der Waals surface area contributed by atoms with Gasteiger partial charge in [0, 0.05) is 18.2 Å². The highest BCUT2D eigenvalue weighted by Gasteiger charge is 2.25. The molecule has 1 aliphatic carbocycles. The molecule has 0 unspecified atom stereocenters. The molecule has 23 heavy (non-hydrogen) atoms. The van der Waals surface area contributed by atoms with Gasteiger partial charge in [-0.1, -0.05) is 11.6 Å². The molecule has 0 spiro atoms. The van der Waals surface area contributed by atoms with E-state index in [-0.39, 0.29) is 12.1 Å². The number of anilines is 1. The molecule has 0 saturated heterocycles. The fourth-order valence-corrected chi connectivity index (χ4v) is 2.90. The third kappa shape index (κ3) is 6.22. The molecule has 1 heterocycles. The number of aryl methyl sites for hydroxylation is 1. The fraction of sp³-hybridized carbons (Fsp3) is 0.688. The molecule has 6 nitrogen and oxygen atoms in total. The third-order valence-electron chi connectivity index (χ3n) is 3.61. The van der Waals surface area contributed by atoms with E-state index >= 15 is 0 Å². The summed E-state index contributed by atoms with van der Waals surface area (Å²) in [4.78, 5) is 20.2. The molecule has 0 aliphatic heterocycles. The van der Waals surface area contributed by atoms with Crippen LogP contribution in [0.25, 0.3) is 0 Å². The lowest BCUT2D eigenvalue weighted by atomic mass is 9.91. The summed E-state index contributed by atoms with van der Waals surface area (Å²) in [7, 11) is 0. The van der Waals surface area contributed by atoms with Crippen LogP contribution < -0.4 is 10.6 Å². The predicted molar refractivity (Wildman–Crippen MR) is 90.8 cm³/mol. The van der Waals surface area contributed by atoms with Crippen LogP contribution >= 0.6 is 11.6 Å². The standard InChI is InChI=1S/C16H25ClN4O2/c1-10-18-13(17)9-14(19-10)20-11-5-7-12(8-6-11)21-15(22)23-16(2,3)4/h9,11-12H,5-8H2,1-4H3,(H,21,22)(H,18,19,20). The van der Waals surface area contributed by atoms with E-state index in [1.807, 2.05) is 27.7 Å². The van der Waals surface area contributed by atoms with E-state index in [1.54, 1.807) is 6.07 Å². The number of amides is 1. The summed E-state index contributed by atoms with van der Waals surface area (Å²) in [5.41, 5.74) is -0.465. The second kappa shape index (κ2) is 7.34. The van der Waals surface area contributed by atoms with E-state index in [1.165, 1.54) is 0 Å². The van der Waals surface area contributed by atoms with Crippen molar-refractivity contribution < 1.29 is 9.53 Å². The molecular weight excluding hydrogens is 316 g/mol. The molecule has 7 heteroatoms. The van der Waals surface area contributed by atoms with E-state index < -0.39 is 5.60 Å². The Morgan fingerprint density at radius 1 is 1.22 bits per heavy atom. The fourth-order valence-electron chi connectivity index (χ4n) is 2.67. The molecule has 1 fully saturated rings. The minimum absolute atomic E-state index is 0.165. The molecule has 0 aromatic carbocycles. The second-order valence-electron chi connectivity index (χ2n) is 6.96. The van der Waals surface area contributed by atoms with E-state index in [4.69, 9.17) is 16.3 Å². The Kier molecular flexibility index (Phi) is 5.68. The first-order valence-corrected chi connectivity index (χ1v) is 8.36. The number of rotatable bonds is 3. The average Bonchev–Trinajstić information content (AvgIpc) is 2.37. The van der Waals surface area contributed by atoms with Crippen LogP contribution in [0, 0.1) is 6.92 Å². The average molecular weight is 341 g/mol. The minimum Gasteiger partial charge on any atom is -0.444 e. The van der Waals surface area contributed by atoms with Gasteiger partial charge in [-0.25, -0.2) is 14.8 Å². The summed E-state index contributed by atoms with van der Waals surface area (Å²) < 4.78 is 5.29. The highest BCUT2D eigenvalue weighted by molar-refractivity contribution is 6.29. The van der Waals surface area contributed by atoms with Crippen LogP contribution in [0.3, 0.4) is 0 Å². The first kappa shape index (κ1) is 17.8. The Morgan fingerprint density at radius 2 is 1.83 bits per heavy atom. The lowest BCUT2D eigenvalue weighted by molar-refractivity contribution is 0.0492. The van der Waals surface area contributed by atoms with Gasteiger partial charge in [-0.15, -0.1) is 0 Å². The Labute approximate surface area is 142 Å². The molecule has 1 saturated carbocycles. The van der Waals surface area contributed by atoms with Gasteiger partial charge < -0.3 is 15.4 Å². The molecule has 2 N–H and O–H groups in total. The molecule has 1 aromatic rings. The van der Waals surface area contributed by atoms with Gasteiger partial charge in [0.2, 0.25) is 0 Å². The van der Waals surface area contributed by atoms with Crippen LogP contribution in [-0.4, -0.2) is 33.7 Å². The van der Waals surface area contributed by atoms with Crippen molar-refractivity contribution in [3.05, 3.63) is 17.0 Å². The van der Waals surface area contributed by atoms with Crippen molar-refractivity contribution in [1.82, 2.24) is 15.3 Å². The largest absolute Gasteiger partial charge is 0.444 e. The minimum atomic E-state index is -0.465. The summed E-state index contributed by atoms with van der Waals surface area (Å²) in [5, 5.41) is 6.78. The molecule has 0 radical (unpaired) electrons. The number of ether oxygens (including phenoxy) is 1. The molecule has 1 amide bonds. The zero-order valence-corrected chi connectivity index (χ0v) is 14.9. The van der Waals surface area contributed by atoms with Crippen LogP contribution in [0.1, 0.15) is 52.3 Å². The van der Waals surface area contributed by atoms with Crippen LogP contribution in [0.5, 0.6) is 0 Å². The topological polar surface area (TPSA) is 76.1 Å². The van der Waals surface area contributed by atoms with Crippen molar-refractivity contribution in [3.63, 3.8) is 0 Å². The number of halogens is 1. The molecule has 0 atom stereocenters. The van der Waals surface area contributed by atoms with Gasteiger partial charge in [0.15, 0.2) is 0 Å². The number of alkyl carbamates (subject to hydrolysis) is 1. The van der Waals surface area contributed by atoms with Crippen LogP contribution in [0.2, 0.25) is 5.15 Å². The van der Waals surface area contributed by atoms with Gasteiger partial charge in [0.1, 0.15) is 22.4 Å². The summed E-state index contributed by atoms with van der Waals surface area (Å²) in [6.07, 6.45) is 3.40. The summed E-state index contributed by atoms with van der Waals surface area (Å²) in [6, 6.07) is 2.23. The van der Waals surface area contributed by atoms with Crippen molar-refractivity contribution in [1.29, 1.82) is 0 Å². The number of carbonyl (C=O) groups excluding carboxylic acids is 1. The number of aromatic nitrogens is 2.